The quantitative estimate of drug-likeness (QED) is 0.577. The minimum Gasteiger partial charge on any atom is -0.427 e. The summed E-state index contributed by atoms with van der Waals surface area (Å²) < 4.78 is 10.00. The highest BCUT2D eigenvalue weighted by Gasteiger charge is 2.44. The molecule has 1 unspecified atom stereocenters. The zero-order valence-electron chi connectivity index (χ0n) is 7.22. The van der Waals surface area contributed by atoms with E-state index in [0.29, 0.717) is 0 Å². The number of hydrogen-bond donors (Lipinski definition) is 0. The third-order valence-electron chi connectivity index (χ3n) is 2.31. The molecular weight excluding hydrogens is 144 g/mol. The normalized spacial score (nSPS) is 36.6. The monoisotopic (exact) mass is 158 g/mol. The Balaban J connectivity index is 2.71. The molecule has 3 heteroatoms. The van der Waals surface area contributed by atoms with Crippen molar-refractivity contribution >= 4 is 6.16 Å². The molecule has 1 fully saturated rings. The van der Waals surface area contributed by atoms with Crippen molar-refractivity contribution in [2.75, 3.05) is 0 Å². The molecule has 0 bridgehead atoms. The summed E-state index contributed by atoms with van der Waals surface area (Å²) in [5.74, 6) is 0. The molecule has 64 valence electrons. The van der Waals surface area contributed by atoms with Crippen LogP contribution in [0.25, 0.3) is 0 Å². The largest absolute Gasteiger partial charge is 0.509 e. The Bertz CT molecular complexity index is 167. The van der Waals surface area contributed by atoms with Gasteiger partial charge in [-0.25, -0.2) is 4.79 Å². The van der Waals surface area contributed by atoms with Crippen molar-refractivity contribution in [2.24, 2.45) is 0 Å². The number of carbonyl (C=O) groups is 1. The van der Waals surface area contributed by atoms with Gasteiger partial charge in [0.1, 0.15) is 11.7 Å². The standard InChI is InChI=1S/C8H14O3/c1-4-6-8(3,5-2)11-7(9)10-6/h6H,4-5H2,1-3H3/t6?,8-/m1/s1. The summed E-state index contributed by atoms with van der Waals surface area (Å²) in [6.45, 7) is 5.89. The van der Waals surface area contributed by atoms with E-state index in [1.165, 1.54) is 0 Å². The highest BCUT2D eigenvalue weighted by molar-refractivity contribution is 5.63. The zero-order chi connectivity index (χ0) is 8.48. The second kappa shape index (κ2) is 2.72. The fraction of sp³-hybridized carbons (Fsp3) is 0.875. The van der Waals surface area contributed by atoms with Gasteiger partial charge < -0.3 is 9.47 Å². The molecule has 0 spiro atoms. The van der Waals surface area contributed by atoms with E-state index < -0.39 is 11.8 Å². The molecule has 1 aliphatic rings. The van der Waals surface area contributed by atoms with E-state index >= 15 is 0 Å². The smallest absolute Gasteiger partial charge is 0.427 e. The second-order valence-corrected chi connectivity index (χ2v) is 3.03. The van der Waals surface area contributed by atoms with Gasteiger partial charge in [-0.15, -0.1) is 0 Å². The van der Waals surface area contributed by atoms with E-state index in [4.69, 9.17) is 9.47 Å². The first-order valence-corrected chi connectivity index (χ1v) is 4.02. The number of hydrogen-bond acceptors (Lipinski definition) is 3. The van der Waals surface area contributed by atoms with Crippen LogP contribution in [0.5, 0.6) is 0 Å². The first kappa shape index (κ1) is 8.37. The Labute approximate surface area is 66.7 Å². The average Bonchev–Trinajstić information content (AvgIpc) is 2.27. The molecule has 0 aromatic rings. The third-order valence-corrected chi connectivity index (χ3v) is 2.31. The number of cyclic esters (lactones) is 2. The molecule has 2 atom stereocenters. The molecule has 1 saturated heterocycles. The van der Waals surface area contributed by atoms with Gasteiger partial charge in [-0.3, -0.25) is 0 Å². The summed E-state index contributed by atoms with van der Waals surface area (Å²) in [5, 5.41) is 0. The second-order valence-electron chi connectivity index (χ2n) is 3.03. The highest BCUT2D eigenvalue weighted by atomic mass is 16.8. The van der Waals surface area contributed by atoms with Crippen molar-refractivity contribution in [1.29, 1.82) is 0 Å². The van der Waals surface area contributed by atoms with Crippen LogP contribution in [0.1, 0.15) is 33.6 Å². The lowest BCUT2D eigenvalue weighted by Gasteiger charge is -2.23. The number of ether oxygens (including phenoxy) is 2. The van der Waals surface area contributed by atoms with E-state index in [0.717, 1.165) is 12.8 Å². The highest BCUT2D eigenvalue weighted by Crippen LogP contribution is 2.31. The fourth-order valence-corrected chi connectivity index (χ4v) is 1.34. The van der Waals surface area contributed by atoms with Crippen molar-refractivity contribution in [3.05, 3.63) is 0 Å². The maximum atomic E-state index is 10.7. The maximum Gasteiger partial charge on any atom is 0.509 e. The van der Waals surface area contributed by atoms with E-state index in [9.17, 15) is 4.79 Å². The predicted molar refractivity (Wildman–Crippen MR) is 40.3 cm³/mol. The van der Waals surface area contributed by atoms with Gasteiger partial charge in [0.15, 0.2) is 0 Å². The molecule has 1 heterocycles. The van der Waals surface area contributed by atoms with Gasteiger partial charge in [-0.05, 0) is 19.8 Å². The lowest BCUT2D eigenvalue weighted by Crippen LogP contribution is -2.35. The molecule has 3 nitrogen and oxygen atoms in total. The molecule has 1 rings (SSSR count). The van der Waals surface area contributed by atoms with Gasteiger partial charge in [0.05, 0.1) is 0 Å². The van der Waals surface area contributed by atoms with Crippen LogP contribution in [0, 0.1) is 0 Å². The van der Waals surface area contributed by atoms with Crippen LogP contribution in [0.4, 0.5) is 4.79 Å². The van der Waals surface area contributed by atoms with Crippen molar-refractivity contribution in [3.63, 3.8) is 0 Å². The zero-order valence-corrected chi connectivity index (χ0v) is 7.22. The Kier molecular flexibility index (Phi) is 2.07. The molecule has 11 heavy (non-hydrogen) atoms. The maximum absolute atomic E-state index is 10.7. The van der Waals surface area contributed by atoms with Crippen molar-refractivity contribution in [2.45, 2.75) is 45.3 Å². The van der Waals surface area contributed by atoms with Gasteiger partial charge >= 0.3 is 6.16 Å². The van der Waals surface area contributed by atoms with Crippen LogP contribution in [-0.2, 0) is 9.47 Å². The lowest BCUT2D eigenvalue weighted by molar-refractivity contribution is 0.0412. The summed E-state index contributed by atoms with van der Waals surface area (Å²) in [4.78, 5) is 10.7. The minimum atomic E-state index is -0.527. The van der Waals surface area contributed by atoms with Crippen molar-refractivity contribution < 1.29 is 14.3 Å². The summed E-state index contributed by atoms with van der Waals surface area (Å²) in [5.41, 5.74) is -0.397. The van der Waals surface area contributed by atoms with Crippen LogP contribution in [-0.4, -0.2) is 17.9 Å². The van der Waals surface area contributed by atoms with E-state index in [-0.39, 0.29) is 6.10 Å². The van der Waals surface area contributed by atoms with Crippen LogP contribution in [0.3, 0.4) is 0 Å². The predicted octanol–water partition coefficient (Wildman–Crippen LogP) is 2.10. The third kappa shape index (κ3) is 1.32. The molecular formula is C8H14O3. The molecule has 0 saturated carbocycles. The molecule has 0 N–H and O–H groups in total. The SMILES string of the molecule is CCC1OC(=O)O[C@]1(C)CC. The fourth-order valence-electron chi connectivity index (χ4n) is 1.34. The van der Waals surface area contributed by atoms with E-state index in [1.807, 2.05) is 20.8 Å². The Hall–Kier alpha value is -0.730. The topological polar surface area (TPSA) is 35.5 Å². The molecule has 0 aliphatic carbocycles. The Morgan fingerprint density at radius 1 is 1.55 bits per heavy atom. The number of rotatable bonds is 2. The summed E-state index contributed by atoms with van der Waals surface area (Å²) in [7, 11) is 0. The van der Waals surface area contributed by atoms with Crippen LogP contribution >= 0.6 is 0 Å². The van der Waals surface area contributed by atoms with E-state index in [2.05, 4.69) is 0 Å². The summed E-state index contributed by atoms with van der Waals surface area (Å²) in [6, 6.07) is 0. The Morgan fingerprint density at radius 3 is 2.55 bits per heavy atom. The number of carbonyl (C=O) groups excluding carboxylic acids is 1. The van der Waals surface area contributed by atoms with Gasteiger partial charge in [0.25, 0.3) is 0 Å². The molecule has 0 amide bonds. The summed E-state index contributed by atoms with van der Waals surface area (Å²) in [6.07, 6.45) is 1.02. The molecule has 0 radical (unpaired) electrons. The first-order chi connectivity index (χ1) is 5.12. The van der Waals surface area contributed by atoms with Gasteiger partial charge in [0, 0.05) is 0 Å². The van der Waals surface area contributed by atoms with Crippen molar-refractivity contribution in [3.8, 4) is 0 Å². The van der Waals surface area contributed by atoms with Crippen LogP contribution < -0.4 is 0 Å². The Morgan fingerprint density at radius 2 is 2.18 bits per heavy atom. The molecule has 0 aromatic carbocycles. The van der Waals surface area contributed by atoms with E-state index in [1.54, 1.807) is 0 Å². The van der Waals surface area contributed by atoms with Crippen LogP contribution in [0.15, 0.2) is 0 Å². The van der Waals surface area contributed by atoms with Crippen molar-refractivity contribution in [1.82, 2.24) is 0 Å². The van der Waals surface area contributed by atoms with Gasteiger partial charge in [-0.1, -0.05) is 13.8 Å². The average molecular weight is 158 g/mol. The molecule has 1 aliphatic heterocycles. The first-order valence-electron chi connectivity index (χ1n) is 4.02. The molecule has 0 aromatic heterocycles. The minimum absolute atomic E-state index is 0.0694. The lowest BCUT2D eigenvalue weighted by atomic mass is 9.94. The van der Waals surface area contributed by atoms with Gasteiger partial charge in [0.2, 0.25) is 0 Å². The van der Waals surface area contributed by atoms with Gasteiger partial charge in [-0.2, -0.15) is 0 Å². The summed E-state index contributed by atoms with van der Waals surface area (Å²) >= 11 is 0. The van der Waals surface area contributed by atoms with Crippen LogP contribution in [0.2, 0.25) is 0 Å².